The van der Waals surface area contributed by atoms with Crippen LogP contribution in [-0.4, -0.2) is 31.8 Å². The summed E-state index contributed by atoms with van der Waals surface area (Å²) in [6, 6.07) is 12.5. The first-order chi connectivity index (χ1) is 12.6. The molecule has 0 unspecified atom stereocenters. The van der Waals surface area contributed by atoms with Crippen molar-refractivity contribution in [1.82, 2.24) is 4.98 Å². The van der Waals surface area contributed by atoms with Gasteiger partial charge >= 0.3 is 5.97 Å². The van der Waals surface area contributed by atoms with E-state index in [4.69, 9.17) is 14.2 Å². The van der Waals surface area contributed by atoms with Crippen molar-refractivity contribution in [2.45, 2.75) is 6.92 Å². The molecule has 6 heteroatoms. The van der Waals surface area contributed by atoms with Crippen LogP contribution in [-0.2, 0) is 4.74 Å². The zero-order chi connectivity index (χ0) is 18.7. The number of rotatable bonds is 5. The highest BCUT2D eigenvalue weighted by atomic mass is 16.5. The van der Waals surface area contributed by atoms with Gasteiger partial charge in [-0.2, -0.15) is 0 Å². The molecule has 3 aromatic rings. The standard InChI is InChI=1S/C20H19NO5/c1-4-26-20(23)18-17(12-5-7-13(24-2)8-6-12)15-10-9-14(25-3)11-16(15)21-19(18)22/h5-11H,4H2,1-3H3,(H,21,22). The van der Waals surface area contributed by atoms with Gasteiger partial charge in [-0.15, -0.1) is 0 Å². The Bertz CT molecular complexity index is 1010. The van der Waals surface area contributed by atoms with Gasteiger partial charge in [0.1, 0.15) is 17.1 Å². The van der Waals surface area contributed by atoms with Crippen LogP contribution >= 0.6 is 0 Å². The van der Waals surface area contributed by atoms with Crippen LogP contribution in [0.25, 0.3) is 22.0 Å². The molecule has 6 nitrogen and oxygen atoms in total. The Morgan fingerprint density at radius 1 is 1.00 bits per heavy atom. The number of ether oxygens (including phenoxy) is 3. The van der Waals surface area contributed by atoms with E-state index in [-0.39, 0.29) is 12.2 Å². The van der Waals surface area contributed by atoms with Gasteiger partial charge in [0.05, 0.1) is 26.3 Å². The van der Waals surface area contributed by atoms with Crippen molar-refractivity contribution in [2.75, 3.05) is 20.8 Å². The largest absolute Gasteiger partial charge is 0.497 e. The maximum atomic E-state index is 12.6. The van der Waals surface area contributed by atoms with E-state index in [1.807, 2.05) is 6.07 Å². The highest BCUT2D eigenvalue weighted by molar-refractivity contribution is 6.06. The number of hydrogen-bond acceptors (Lipinski definition) is 5. The lowest BCUT2D eigenvalue weighted by atomic mass is 9.96. The summed E-state index contributed by atoms with van der Waals surface area (Å²) in [6.07, 6.45) is 0. The molecule has 0 fully saturated rings. The number of pyridine rings is 1. The van der Waals surface area contributed by atoms with Crippen molar-refractivity contribution in [3.63, 3.8) is 0 Å². The number of carbonyl (C=O) groups excluding carboxylic acids is 1. The van der Waals surface area contributed by atoms with Crippen LogP contribution in [0.1, 0.15) is 17.3 Å². The van der Waals surface area contributed by atoms with Crippen LogP contribution in [0.15, 0.2) is 47.3 Å². The second kappa shape index (κ2) is 7.31. The van der Waals surface area contributed by atoms with Crippen molar-refractivity contribution < 1.29 is 19.0 Å². The lowest BCUT2D eigenvalue weighted by Gasteiger charge is -2.13. The van der Waals surface area contributed by atoms with Gasteiger partial charge in [0, 0.05) is 17.0 Å². The molecule has 1 N–H and O–H groups in total. The normalized spacial score (nSPS) is 10.6. The minimum Gasteiger partial charge on any atom is -0.497 e. The fourth-order valence-corrected chi connectivity index (χ4v) is 2.86. The SMILES string of the molecule is CCOC(=O)c1c(-c2ccc(OC)cc2)c2ccc(OC)cc2[nH]c1=O. The van der Waals surface area contributed by atoms with Gasteiger partial charge < -0.3 is 19.2 Å². The second-order valence-electron chi connectivity index (χ2n) is 5.56. The van der Waals surface area contributed by atoms with Gasteiger partial charge in [-0.3, -0.25) is 4.79 Å². The smallest absolute Gasteiger partial charge is 0.344 e. The van der Waals surface area contributed by atoms with E-state index in [0.717, 1.165) is 10.9 Å². The average molecular weight is 353 g/mol. The van der Waals surface area contributed by atoms with Gasteiger partial charge in [0.15, 0.2) is 0 Å². The van der Waals surface area contributed by atoms with E-state index in [0.29, 0.717) is 22.6 Å². The maximum absolute atomic E-state index is 12.6. The Morgan fingerprint density at radius 3 is 2.27 bits per heavy atom. The summed E-state index contributed by atoms with van der Waals surface area (Å²) >= 11 is 0. The second-order valence-corrected chi connectivity index (χ2v) is 5.56. The Balaban J connectivity index is 2.35. The predicted molar refractivity (Wildman–Crippen MR) is 99.1 cm³/mol. The van der Waals surface area contributed by atoms with E-state index in [2.05, 4.69) is 4.98 Å². The summed E-state index contributed by atoms with van der Waals surface area (Å²) in [5, 5.41) is 0.721. The summed E-state index contributed by atoms with van der Waals surface area (Å²) < 4.78 is 15.5. The molecule has 26 heavy (non-hydrogen) atoms. The third kappa shape index (κ3) is 3.13. The predicted octanol–water partition coefficient (Wildman–Crippen LogP) is 3.39. The van der Waals surface area contributed by atoms with Crippen molar-refractivity contribution in [3.8, 4) is 22.6 Å². The molecule has 3 rings (SSSR count). The van der Waals surface area contributed by atoms with Gasteiger partial charge in [-0.05, 0) is 36.8 Å². The van der Waals surface area contributed by atoms with Crippen molar-refractivity contribution >= 4 is 16.9 Å². The monoisotopic (exact) mass is 353 g/mol. The fourth-order valence-electron chi connectivity index (χ4n) is 2.86. The van der Waals surface area contributed by atoms with Crippen molar-refractivity contribution in [2.24, 2.45) is 0 Å². The zero-order valence-electron chi connectivity index (χ0n) is 14.8. The molecule has 0 aliphatic heterocycles. The summed E-state index contributed by atoms with van der Waals surface area (Å²) in [7, 11) is 3.13. The number of carbonyl (C=O) groups is 1. The molecular formula is C20H19NO5. The minimum atomic E-state index is -0.655. The van der Waals surface area contributed by atoms with Crippen LogP contribution in [0, 0.1) is 0 Å². The first-order valence-corrected chi connectivity index (χ1v) is 8.14. The Hall–Kier alpha value is -3.28. The van der Waals surface area contributed by atoms with Crippen molar-refractivity contribution in [3.05, 3.63) is 58.4 Å². The molecule has 0 spiro atoms. The highest BCUT2D eigenvalue weighted by Gasteiger charge is 2.22. The van der Waals surface area contributed by atoms with Gasteiger partial charge in [0.2, 0.25) is 0 Å². The van der Waals surface area contributed by atoms with Gasteiger partial charge in [0.25, 0.3) is 5.56 Å². The molecule has 134 valence electrons. The summed E-state index contributed by atoms with van der Waals surface area (Å²) in [6.45, 7) is 1.88. The number of methoxy groups -OCH3 is 2. The summed E-state index contributed by atoms with van der Waals surface area (Å²) in [5.41, 5.74) is 1.29. The molecule has 1 aromatic heterocycles. The Morgan fingerprint density at radius 2 is 1.65 bits per heavy atom. The first kappa shape index (κ1) is 17.5. The molecule has 0 amide bonds. The maximum Gasteiger partial charge on any atom is 0.344 e. The van der Waals surface area contributed by atoms with E-state index in [9.17, 15) is 9.59 Å². The van der Waals surface area contributed by atoms with Crippen LogP contribution in [0.3, 0.4) is 0 Å². The number of aromatic amines is 1. The molecular weight excluding hydrogens is 334 g/mol. The lowest BCUT2D eigenvalue weighted by Crippen LogP contribution is -2.21. The topological polar surface area (TPSA) is 77.6 Å². The molecule has 0 aliphatic carbocycles. The minimum absolute atomic E-state index is 0.0188. The lowest BCUT2D eigenvalue weighted by molar-refractivity contribution is 0.0525. The summed E-state index contributed by atoms with van der Waals surface area (Å²) in [5.74, 6) is 0.636. The van der Waals surface area contributed by atoms with E-state index in [1.54, 1.807) is 57.5 Å². The van der Waals surface area contributed by atoms with E-state index >= 15 is 0 Å². The molecule has 0 bridgehead atoms. The first-order valence-electron chi connectivity index (χ1n) is 8.14. The number of fused-ring (bicyclic) bond motifs is 1. The van der Waals surface area contributed by atoms with Crippen LogP contribution in [0.2, 0.25) is 0 Å². The molecule has 0 atom stereocenters. The Labute approximate surface area is 150 Å². The third-order valence-electron chi connectivity index (χ3n) is 4.08. The van der Waals surface area contributed by atoms with E-state index in [1.165, 1.54) is 0 Å². The average Bonchev–Trinajstić information content (AvgIpc) is 2.66. The molecule has 2 aromatic carbocycles. The van der Waals surface area contributed by atoms with Crippen LogP contribution < -0.4 is 15.0 Å². The van der Waals surface area contributed by atoms with Gasteiger partial charge in [-0.25, -0.2) is 4.79 Å². The van der Waals surface area contributed by atoms with Crippen LogP contribution in [0.5, 0.6) is 11.5 Å². The van der Waals surface area contributed by atoms with Gasteiger partial charge in [-0.1, -0.05) is 12.1 Å². The Kier molecular flexibility index (Phi) is 4.93. The number of benzene rings is 2. The number of aromatic nitrogens is 1. The number of nitrogens with one attached hydrogen (secondary N) is 1. The summed E-state index contributed by atoms with van der Waals surface area (Å²) in [4.78, 5) is 27.8. The molecule has 0 saturated heterocycles. The highest BCUT2D eigenvalue weighted by Crippen LogP contribution is 2.32. The number of hydrogen-bond donors (Lipinski definition) is 1. The number of H-pyrrole nitrogens is 1. The van der Waals surface area contributed by atoms with Crippen molar-refractivity contribution in [1.29, 1.82) is 0 Å². The van der Waals surface area contributed by atoms with E-state index < -0.39 is 11.5 Å². The number of esters is 1. The van der Waals surface area contributed by atoms with Crippen LogP contribution in [0.4, 0.5) is 0 Å². The fraction of sp³-hybridized carbons (Fsp3) is 0.200. The molecule has 0 aliphatic rings. The third-order valence-corrected chi connectivity index (χ3v) is 4.08. The quantitative estimate of drug-likeness (QED) is 0.712. The molecule has 0 radical (unpaired) electrons. The zero-order valence-corrected chi connectivity index (χ0v) is 14.8. The molecule has 1 heterocycles. The molecule has 0 saturated carbocycles.